The number of anilines is 1. The quantitative estimate of drug-likeness (QED) is 0.574. The number of hydrogen-bond acceptors (Lipinski definition) is 7. The molecular formula is C21H20N2O7. The predicted molar refractivity (Wildman–Crippen MR) is 108 cm³/mol. The fourth-order valence-corrected chi connectivity index (χ4v) is 2.96. The molecule has 1 N–H and O–H groups in total. The highest BCUT2D eigenvalue weighted by molar-refractivity contribution is 6.39. The highest BCUT2D eigenvalue weighted by atomic mass is 16.5. The molecule has 9 nitrogen and oxygen atoms in total. The summed E-state index contributed by atoms with van der Waals surface area (Å²) in [6.07, 6.45) is 1.34. The van der Waals surface area contributed by atoms with Gasteiger partial charge in [-0.25, -0.2) is 9.69 Å². The highest BCUT2D eigenvalue weighted by Gasteiger charge is 2.38. The number of hydrogen-bond donors (Lipinski definition) is 1. The molecule has 1 fully saturated rings. The van der Waals surface area contributed by atoms with Gasteiger partial charge in [0.05, 0.1) is 34.1 Å². The van der Waals surface area contributed by atoms with Gasteiger partial charge in [-0.05, 0) is 36.4 Å². The van der Waals surface area contributed by atoms with Gasteiger partial charge in [-0.15, -0.1) is 0 Å². The van der Waals surface area contributed by atoms with Gasteiger partial charge in [0.2, 0.25) is 0 Å². The maximum absolute atomic E-state index is 13.2. The number of nitrogens with one attached hydrogen (secondary N) is 1. The first-order valence-corrected chi connectivity index (χ1v) is 8.79. The summed E-state index contributed by atoms with van der Waals surface area (Å²) in [6.45, 7) is 0. The second kappa shape index (κ2) is 8.56. The first-order valence-electron chi connectivity index (χ1n) is 8.79. The lowest BCUT2D eigenvalue weighted by atomic mass is 10.1. The number of carbonyl (C=O) groups is 3. The Morgan fingerprint density at radius 1 is 0.800 bits per heavy atom. The fraction of sp³-hybridized carbons (Fsp3) is 0.190. The molecule has 0 unspecified atom stereocenters. The summed E-state index contributed by atoms with van der Waals surface area (Å²) in [4.78, 5) is 39.0. The number of carbonyl (C=O) groups excluding carboxylic acids is 3. The largest absolute Gasteiger partial charge is 0.497 e. The van der Waals surface area contributed by atoms with Crippen LogP contribution in [-0.4, -0.2) is 46.3 Å². The van der Waals surface area contributed by atoms with Crippen LogP contribution in [0.5, 0.6) is 23.0 Å². The van der Waals surface area contributed by atoms with Crippen molar-refractivity contribution in [3.05, 3.63) is 47.5 Å². The summed E-state index contributed by atoms with van der Waals surface area (Å²) in [5.41, 5.74) is 0.309. The van der Waals surface area contributed by atoms with Crippen molar-refractivity contribution in [2.45, 2.75) is 0 Å². The van der Waals surface area contributed by atoms with Crippen molar-refractivity contribution in [2.75, 3.05) is 33.3 Å². The van der Waals surface area contributed by atoms with E-state index in [1.807, 2.05) is 0 Å². The van der Waals surface area contributed by atoms with Crippen molar-refractivity contribution in [3.63, 3.8) is 0 Å². The minimum absolute atomic E-state index is 0.135. The lowest BCUT2D eigenvalue weighted by Crippen LogP contribution is -2.54. The zero-order valence-corrected chi connectivity index (χ0v) is 16.8. The third-order valence-electron chi connectivity index (χ3n) is 4.47. The number of barbiturate groups is 1. The van der Waals surface area contributed by atoms with E-state index in [0.717, 1.165) is 4.90 Å². The van der Waals surface area contributed by atoms with Gasteiger partial charge >= 0.3 is 6.03 Å². The molecule has 9 heteroatoms. The number of amides is 4. The first kappa shape index (κ1) is 20.7. The molecule has 1 aliphatic heterocycles. The van der Waals surface area contributed by atoms with E-state index in [9.17, 15) is 14.4 Å². The number of urea groups is 1. The molecule has 0 radical (unpaired) electrons. The van der Waals surface area contributed by atoms with Crippen LogP contribution in [0, 0.1) is 0 Å². The molecule has 2 aromatic carbocycles. The molecule has 2 aromatic rings. The molecular weight excluding hydrogens is 392 g/mol. The Kier molecular flexibility index (Phi) is 5.91. The van der Waals surface area contributed by atoms with Crippen molar-refractivity contribution in [3.8, 4) is 23.0 Å². The molecule has 0 bridgehead atoms. The zero-order chi connectivity index (χ0) is 21.8. The summed E-state index contributed by atoms with van der Waals surface area (Å²) in [5, 5.41) is 2.17. The number of methoxy groups -OCH3 is 4. The summed E-state index contributed by atoms with van der Waals surface area (Å²) in [6, 6.07) is 8.68. The van der Waals surface area contributed by atoms with Crippen LogP contribution in [-0.2, 0) is 9.59 Å². The van der Waals surface area contributed by atoms with E-state index in [1.54, 1.807) is 30.3 Å². The number of ether oxygens (including phenoxy) is 4. The van der Waals surface area contributed by atoms with Crippen LogP contribution < -0.4 is 29.2 Å². The van der Waals surface area contributed by atoms with E-state index in [-0.39, 0.29) is 17.0 Å². The molecule has 3 rings (SSSR count). The van der Waals surface area contributed by atoms with Gasteiger partial charge in [0, 0.05) is 11.6 Å². The van der Waals surface area contributed by atoms with Crippen LogP contribution >= 0.6 is 0 Å². The fourth-order valence-electron chi connectivity index (χ4n) is 2.96. The Balaban J connectivity index is 2.12. The van der Waals surface area contributed by atoms with Gasteiger partial charge < -0.3 is 18.9 Å². The molecule has 0 saturated carbocycles. The number of benzene rings is 2. The third kappa shape index (κ3) is 3.77. The van der Waals surface area contributed by atoms with E-state index < -0.39 is 17.8 Å². The average molecular weight is 412 g/mol. The normalized spacial score (nSPS) is 15.1. The second-order valence-corrected chi connectivity index (χ2v) is 6.10. The molecule has 1 heterocycles. The Labute approximate surface area is 172 Å². The Morgan fingerprint density at radius 3 is 2.00 bits per heavy atom. The van der Waals surface area contributed by atoms with Crippen molar-refractivity contribution in [2.24, 2.45) is 0 Å². The van der Waals surface area contributed by atoms with Gasteiger partial charge in [0.15, 0.2) is 0 Å². The molecule has 156 valence electrons. The zero-order valence-electron chi connectivity index (χ0n) is 16.8. The van der Waals surface area contributed by atoms with E-state index in [4.69, 9.17) is 18.9 Å². The highest BCUT2D eigenvalue weighted by Crippen LogP contribution is 2.35. The standard InChI is InChI=1S/C21H20N2O7/c1-27-13-5-7-17(29-3)12(9-13)10-15-19(24)22-21(26)23(20(15)25)16-11-14(28-2)6-8-18(16)30-4/h5-11H,1-4H3,(H,22,24,26)/b15-10-. The average Bonchev–Trinajstić information content (AvgIpc) is 2.76. The second-order valence-electron chi connectivity index (χ2n) is 6.10. The molecule has 30 heavy (non-hydrogen) atoms. The van der Waals surface area contributed by atoms with Gasteiger partial charge in [-0.3, -0.25) is 14.9 Å². The van der Waals surface area contributed by atoms with Crippen molar-refractivity contribution in [1.29, 1.82) is 0 Å². The van der Waals surface area contributed by atoms with E-state index in [0.29, 0.717) is 22.8 Å². The SMILES string of the molecule is COc1ccc(OC)c(/C=C2/C(=O)NC(=O)N(c3cc(OC)ccc3OC)C2=O)c1. The summed E-state index contributed by atoms with van der Waals surface area (Å²) >= 11 is 0. The molecule has 1 saturated heterocycles. The monoisotopic (exact) mass is 412 g/mol. The van der Waals surface area contributed by atoms with Gasteiger partial charge in [-0.1, -0.05) is 0 Å². The minimum atomic E-state index is -0.897. The molecule has 0 aliphatic carbocycles. The van der Waals surface area contributed by atoms with Crippen molar-refractivity contribution in [1.82, 2.24) is 5.32 Å². The number of imide groups is 2. The van der Waals surface area contributed by atoms with Crippen LogP contribution in [0.25, 0.3) is 6.08 Å². The van der Waals surface area contributed by atoms with E-state index >= 15 is 0 Å². The number of rotatable bonds is 6. The third-order valence-corrected chi connectivity index (χ3v) is 4.47. The first-order chi connectivity index (χ1) is 14.4. The van der Waals surface area contributed by atoms with Crippen LogP contribution in [0.2, 0.25) is 0 Å². The minimum Gasteiger partial charge on any atom is -0.497 e. The molecule has 0 atom stereocenters. The van der Waals surface area contributed by atoms with Crippen molar-refractivity contribution >= 4 is 29.6 Å². The van der Waals surface area contributed by atoms with Gasteiger partial charge in [0.25, 0.3) is 11.8 Å². The van der Waals surface area contributed by atoms with Gasteiger partial charge in [-0.2, -0.15) is 0 Å². The smallest absolute Gasteiger partial charge is 0.336 e. The van der Waals surface area contributed by atoms with Crippen LogP contribution in [0.15, 0.2) is 42.0 Å². The topological polar surface area (TPSA) is 103 Å². The summed E-state index contributed by atoms with van der Waals surface area (Å²) in [7, 11) is 5.81. The molecule has 0 aromatic heterocycles. The summed E-state index contributed by atoms with van der Waals surface area (Å²) in [5.74, 6) is -0.0524. The molecule has 1 aliphatic rings. The van der Waals surface area contributed by atoms with Gasteiger partial charge in [0.1, 0.15) is 28.6 Å². The molecule has 4 amide bonds. The predicted octanol–water partition coefficient (Wildman–Crippen LogP) is 2.39. The molecule has 0 spiro atoms. The lowest BCUT2D eigenvalue weighted by molar-refractivity contribution is -0.122. The van der Waals surface area contributed by atoms with Crippen LogP contribution in [0.3, 0.4) is 0 Å². The Hall–Kier alpha value is -4.01. The van der Waals surface area contributed by atoms with E-state index in [2.05, 4.69) is 5.32 Å². The number of nitrogens with zero attached hydrogens (tertiary/aromatic N) is 1. The van der Waals surface area contributed by atoms with Crippen LogP contribution in [0.1, 0.15) is 5.56 Å². The summed E-state index contributed by atoms with van der Waals surface area (Å²) < 4.78 is 20.9. The maximum atomic E-state index is 13.2. The van der Waals surface area contributed by atoms with Crippen LogP contribution in [0.4, 0.5) is 10.5 Å². The Bertz CT molecular complexity index is 1050. The van der Waals surface area contributed by atoms with Crippen molar-refractivity contribution < 1.29 is 33.3 Å². The maximum Gasteiger partial charge on any atom is 0.336 e. The Morgan fingerprint density at radius 2 is 1.40 bits per heavy atom. The van der Waals surface area contributed by atoms with E-state index in [1.165, 1.54) is 40.6 Å². The lowest BCUT2D eigenvalue weighted by Gasteiger charge is -2.27.